The van der Waals surface area contributed by atoms with Crippen molar-refractivity contribution in [1.29, 1.82) is 0 Å². The van der Waals surface area contributed by atoms with Crippen molar-refractivity contribution in [1.82, 2.24) is 0 Å². The third-order valence-electron chi connectivity index (χ3n) is 0.988. The van der Waals surface area contributed by atoms with Crippen molar-refractivity contribution in [3.05, 3.63) is 29.3 Å². The molecule has 0 radical (unpaired) electrons. The van der Waals surface area contributed by atoms with Gasteiger partial charge in [0.1, 0.15) is 0 Å². The lowest BCUT2D eigenvalue weighted by Crippen LogP contribution is -1.79. The van der Waals surface area contributed by atoms with E-state index in [-0.39, 0.29) is 0 Å². The Bertz CT molecular complexity index is 233. The van der Waals surface area contributed by atoms with Gasteiger partial charge in [-0.2, -0.15) is 0 Å². The smallest absolute Gasteiger partial charge is 0.0736 e. The number of halogens is 4. The maximum atomic E-state index is 5.84. The molecule has 0 aliphatic carbocycles. The van der Waals surface area contributed by atoms with Crippen LogP contribution >= 0.6 is 68.4 Å². The molecule has 0 saturated carbocycles. The van der Waals surface area contributed by atoms with Gasteiger partial charge in [-0.15, -0.1) is 0 Å². The van der Waals surface area contributed by atoms with Crippen LogP contribution in [0, 0.1) is 7.14 Å². The molecule has 0 amide bonds. The first-order valence-electron chi connectivity index (χ1n) is 2.42. The summed E-state index contributed by atoms with van der Waals surface area (Å²) < 4.78 is 1.98. The van der Waals surface area contributed by atoms with E-state index in [9.17, 15) is 0 Å². The van der Waals surface area contributed by atoms with Crippen LogP contribution in [-0.2, 0) is 0 Å². The summed E-state index contributed by atoms with van der Waals surface area (Å²) in [5.74, 6) is 0. The molecule has 1 rings (SSSR count). The number of rotatable bonds is 0. The second-order valence-electron chi connectivity index (χ2n) is 1.66. The van der Waals surface area contributed by atoms with E-state index in [1.54, 1.807) is 0 Å². The van der Waals surface area contributed by atoms with E-state index in [4.69, 9.17) is 23.2 Å². The van der Waals surface area contributed by atoms with Gasteiger partial charge in [0.2, 0.25) is 0 Å². The van der Waals surface area contributed by atoms with Gasteiger partial charge in [-0.3, -0.25) is 0 Å². The summed E-state index contributed by atoms with van der Waals surface area (Å²) in [5.41, 5.74) is 0. The molecule has 0 bridgehead atoms. The second-order valence-corrected chi connectivity index (χ2v) is 4.74. The highest BCUT2D eigenvalue weighted by molar-refractivity contribution is 14.1. The quantitative estimate of drug-likeness (QED) is 0.349. The van der Waals surface area contributed by atoms with Gasteiger partial charge in [0.25, 0.3) is 0 Å². The molecule has 0 unspecified atom stereocenters. The Morgan fingerprint density at radius 3 is 1.50 bits per heavy atom. The lowest BCUT2D eigenvalue weighted by Gasteiger charge is -1.99. The molecule has 0 atom stereocenters. The molecule has 1 aromatic carbocycles. The Hall–Kier alpha value is 1.26. The van der Waals surface area contributed by atoms with E-state index in [2.05, 4.69) is 45.2 Å². The number of hydrogen-bond donors (Lipinski definition) is 0. The van der Waals surface area contributed by atoms with E-state index in [1.807, 2.05) is 12.1 Å². The summed E-state index contributed by atoms with van der Waals surface area (Å²) in [7, 11) is 0. The largest absolute Gasteiger partial charge is 0.0815 e. The zero-order valence-corrected chi connectivity index (χ0v) is 10.5. The Balaban J connectivity index is 3.34. The van der Waals surface area contributed by atoms with Gasteiger partial charge >= 0.3 is 0 Å². The SMILES string of the molecule is Clc1c(I)ccc(I)c1Cl. The van der Waals surface area contributed by atoms with E-state index in [0.29, 0.717) is 10.0 Å². The lowest BCUT2D eigenvalue weighted by atomic mass is 10.4. The summed E-state index contributed by atoms with van der Waals surface area (Å²) in [6.07, 6.45) is 0. The third kappa shape index (κ3) is 1.89. The van der Waals surface area contributed by atoms with Crippen molar-refractivity contribution in [2.24, 2.45) is 0 Å². The second kappa shape index (κ2) is 3.78. The third-order valence-corrected chi connectivity index (χ3v) is 4.31. The van der Waals surface area contributed by atoms with Gasteiger partial charge < -0.3 is 0 Å². The molecule has 0 N–H and O–H groups in total. The van der Waals surface area contributed by atoms with Crippen LogP contribution < -0.4 is 0 Å². The number of hydrogen-bond acceptors (Lipinski definition) is 0. The average molecular weight is 399 g/mol. The van der Waals surface area contributed by atoms with Crippen molar-refractivity contribution in [2.45, 2.75) is 0 Å². The van der Waals surface area contributed by atoms with Gasteiger partial charge in [0.05, 0.1) is 10.0 Å². The minimum Gasteiger partial charge on any atom is -0.0815 e. The van der Waals surface area contributed by atoms with Gasteiger partial charge in [-0.25, -0.2) is 0 Å². The Morgan fingerprint density at radius 1 is 0.900 bits per heavy atom. The highest BCUT2D eigenvalue weighted by Gasteiger charge is 2.04. The van der Waals surface area contributed by atoms with Gasteiger partial charge in [-0.1, -0.05) is 23.2 Å². The fraction of sp³-hybridized carbons (Fsp3) is 0. The molecule has 0 spiro atoms. The minimum absolute atomic E-state index is 0.647. The van der Waals surface area contributed by atoms with E-state index >= 15 is 0 Å². The summed E-state index contributed by atoms with van der Waals surface area (Å²) in [4.78, 5) is 0. The first-order valence-corrected chi connectivity index (χ1v) is 5.33. The van der Waals surface area contributed by atoms with E-state index < -0.39 is 0 Å². The van der Waals surface area contributed by atoms with Crippen molar-refractivity contribution >= 4 is 68.4 Å². The van der Waals surface area contributed by atoms with Crippen molar-refractivity contribution < 1.29 is 0 Å². The average Bonchev–Trinajstić information content (AvgIpc) is 1.93. The monoisotopic (exact) mass is 398 g/mol. The van der Waals surface area contributed by atoms with E-state index in [0.717, 1.165) is 7.14 Å². The van der Waals surface area contributed by atoms with Crippen molar-refractivity contribution in [3.63, 3.8) is 0 Å². The fourth-order valence-corrected chi connectivity index (χ4v) is 2.05. The van der Waals surface area contributed by atoms with Gasteiger partial charge in [0.15, 0.2) is 0 Å². The Kier molecular flexibility index (Phi) is 3.53. The van der Waals surface area contributed by atoms with Crippen molar-refractivity contribution in [2.75, 3.05) is 0 Å². The molecule has 0 saturated heterocycles. The van der Waals surface area contributed by atoms with Crippen LogP contribution in [0.25, 0.3) is 0 Å². The topological polar surface area (TPSA) is 0 Å². The molecule has 0 aromatic heterocycles. The molecule has 0 aliphatic rings. The Morgan fingerprint density at radius 2 is 1.20 bits per heavy atom. The van der Waals surface area contributed by atoms with Crippen LogP contribution in [0.5, 0.6) is 0 Å². The van der Waals surface area contributed by atoms with Crippen LogP contribution in [0.4, 0.5) is 0 Å². The zero-order valence-electron chi connectivity index (χ0n) is 4.67. The summed E-state index contributed by atoms with van der Waals surface area (Å²) in [6, 6.07) is 3.88. The molecule has 10 heavy (non-hydrogen) atoms. The van der Waals surface area contributed by atoms with Crippen LogP contribution in [-0.4, -0.2) is 0 Å². The van der Waals surface area contributed by atoms with E-state index in [1.165, 1.54) is 0 Å². The van der Waals surface area contributed by atoms with Gasteiger partial charge in [0, 0.05) is 7.14 Å². The molecule has 0 heterocycles. The molecular formula is C6H2Cl2I2. The van der Waals surface area contributed by atoms with Crippen LogP contribution in [0.2, 0.25) is 10.0 Å². The summed E-state index contributed by atoms with van der Waals surface area (Å²) in [5, 5.41) is 1.29. The highest BCUT2D eigenvalue weighted by Crippen LogP contribution is 2.30. The first kappa shape index (κ1) is 9.35. The standard InChI is InChI=1S/C6H2Cl2I2/c7-5-3(9)1-2-4(10)6(5)8/h1-2H. The molecule has 1 aromatic rings. The number of benzene rings is 1. The molecular weight excluding hydrogens is 397 g/mol. The molecule has 54 valence electrons. The molecule has 0 aliphatic heterocycles. The summed E-state index contributed by atoms with van der Waals surface area (Å²) in [6.45, 7) is 0. The maximum Gasteiger partial charge on any atom is 0.0736 e. The van der Waals surface area contributed by atoms with Crippen LogP contribution in [0.15, 0.2) is 12.1 Å². The first-order chi connectivity index (χ1) is 4.63. The summed E-state index contributed by atoms with van der Waals surface area (Å²) >= 11 is 16.0. The highest BCUT2D eigenvalue weighted by atomic mass is 127. The Labute approximate surface area is 96.6 Å². The zero-order chi connectivity index (χ0) is 7.72. The minimum atomic E-state index is 0.647. The molecule has 4 heteroatoms. The fourth-order valence-electron chi connectivity index (χ4n) is 0.502. The van der Waals surface area contributed by atoms with Crippen molar-refractivity contribution in [3.8, 4) is 0 Å². The predicted molar refractivity (Wildman–Crippen MR) is 61.9 cm³/mol. The normalized spacial score (nSPS) is 10.0. The van der Waals surface area contributed by atoms with Crippen LogP contribution in [0.3, 0.4) is 0 Å². The van der Waals surface area contributed by atoms with Gasteiger partial charge in [-0.05, 0) is 57.3 Å². The molecule has 0 fully saturated rings. The lowest BCUT2D eigenvalue weighted by molar-refractivity contribution is 1.59. The molecule has 0 nitrogen and oxygen atoms in total. The maximum absolute atomic E-state index is 5.84. The predicted octanol–water partition coefficient (Wildman–Crippen LogP) is 4.20. The van der Waals surface area contributed by atoms with Crippen LogP contribution in [0.1, 0.15) is 0 Å².